The van der Waals surface area contributed by atoms with Crippen LogP contribution in [0.2, 0.25) is 0 Å². The van der Waals surface area contributed by atoms with Crippen LogP contribution in [0.25, 0.3) is 27.5 Å². The van der Waals surface area contributed by atoms with Crippen molar-refractivity contribution in [3.8, 4) is 21.8 Å². The molecule has 0 radical (unpaired) electrons. The second-order valence-corrected chi connectivity index (χ2v) is 7.51. The largest absolute Gasteiger partial charge is 0.405 e. The van der Waals surface area contributed by atoms with Crippen LogP contribution < -0.4 is 10.6 Å². The summed E-state index contributed by atoms with van der Waals surface area (Å²) in [5, 5.41) is 22.4. The number of rotatable bonds is 5. The first-order chi connectivity index (χ1) is 14.8. The summed E-state index contributed by atoms with van der Waals surface area (Å²) < 4.78 is 38.6. The molecule has 0 atom stereocenters. The van der Waals surface area contributed by atoms with Gasteiger partial charge in [0, 0.05) is 23.0 Å². The Morgan fingerprint density at radius 2 is 1.97 bits per heavy atom. The summed E-state index contributed by atoms with van der Waals surface area (Å²) >= 11 is 1.28. The summed E-state index contributed by atoms with van der Waals surface area (Å²) in [5.74, 6) is 0. The van der Waals surface area contributed by atoms with Crippen LogP contribution in [-0.2, 0) is 6.61 Å². The lowest BCUT2D eigenvalue weighted by Crippen LogP contribution is -2.36. The SMILES string of the molecule is Cl.O=C(NCC(F)(F)F)Nc1cccc(-c2cnc3cc(-c4nnc(CO)s4)ccn23)c1. The lowest BCUT2D eigenvalue weighted by atomic mass is 10.1. The Bertz CT molecular complexity index is 1240. The zero-order chi connectivity index (χ0) is 22.0. The first-order valence-electron chi connectivity index (χ1n) is 8.95. The summed E-state index contributed by atoms with van der Waals surface area (Å²) in [6, 6.07) is 9.42. The molecule has 0 saturated heterocycles. The Balaban J connectivity index is 0.00000289. The van der Waals surface area contributed by atoms with E-state index in [-0.39, 0.29) is 19.0 Å². The van der Waals surface area contributed by atoms with Gasteiger partial charge in [0.25, 0.3) is 0 Å². The molecule has 0 unspecified atom stereocenters. The Morgan fingerprint density at radius 1 is 1.16 bits per heavy atom. The number of anilines is 1. The molecule has 2 amide bonds. The number of aromatic nitrogens is 4. The van der Waals surface area contributed by atoms with E-state index in [9.17, 15) is 18.0 Å². The standard InChI is InChI=1S/C19H15F3N6O2S.ClH/c20-19(21,22)10-24-18(30)25-13-3-1-2-11(6-13)14-8-23-15-7-12(4-5-28(14)15)17-27-26-16(9-29)31-17;/h1-8,29H,9-10H2,(H2,24,25,30);1H. The number of imidazole rings is 1. The molecule has 1 aromatic carbocycles. The number of amides is 2. The fraction of sp³-hybridized carbons (Fsp3) is 0.158. The number of benzene rings is 1. The first kappa shape index (κ1) is 23.4. The van der Waals surface area contributed by atoms with Gasteiger partial charge in [0.05, 0.1) is 18.5 Å². The van der Waals surface area contributed by atoms with E-state index < -0.39 is 18.8 Å². The molecule has 0 aliphatic rings. The van der Waals surface area contributed by atoms with Crippen molar-refractivity contribution in [2.45, 2.75) is 12.8 Å². The summed E-state index contributed by atoms with van der Waals surface area (Å²) in [7, 11) is 0. The van der Waals surface area contributed by atoms with Crippen molar-refractivity contribution in [3.05, 3.63) is 53.8 Å². The third-order valence-corrected chi connectivity index (χ3v) is 5.18. The fourth-order valence-corrected chi connectivity index (χ4v) is 3.57. The molecule has 3 N–H and O–H groups in total. The minimum absolute atomic E-state index is 0. The van der Waals surface area contributed by atoms with Gasteiger partial charge in [0.2, 0.25) is 0 Å². The number of urea groups is 1. The van der Waals surface area contributed by atoms with Crippen LogP contribution >= 0.6 is 23.7 Å². The van der Waals surface area contributed by atoms with Crippen molar-refractivity contribution in [3.63, 3.8) is 0 Å². The highest BCUT2D eigenvalue weighted by Crippen LogP contribution is 2.28. The van der Waals surface area contributed by atoms with Gasteiger partial charge in [0.15, 0.2) is 0 Å². The van der Waals surface area contributed by atoms with Crippen LogP contribution in [-0.4, -0.2) is 43.4 Å². The second kappa shape index (κ2) is 9.51. The smallest absolute Gasteiger partial charge is 0.389 e. The van der Waals surface area contributed by atoms with Crippen LogP contribution in [0.15, 0.2) is 48.8 Å². The zero-order valence-corrected chi connectivity index (χ0v) is 17.8. The number of hydrogen-bond acceptors (Lipinski definition) is 6. The minimum atomic E-state index is -4.48. The van der Waals surface area contributed by atoms with Gasteiger partial charge in [-0.2, -0.15) is 13.2 Å². The topological polar surface area (TPSA) is 104 Å². The number of nitrogens with one attached hydrogen (secondary N) is 2. The molecular weight excluding hydrogens is 469 g/mol. The number of aliphatic hydroxyl groups excluding tert-OH is 1. The normalized spacial score (nSPS) is 11.2. The number of aliphatic hydroxyl groups is 1. The van der Waals surface area contributed by atoms with Crippen LogP contribution in [0.5, 0.6) is 0 Å². The van der Waals surface area contributed by atoms with Gasteiger partial charge >= 0.3 is 12.2 Å². The third-order valence-electron chi connectivity index (χ3n) is 4.23. The number of nitrogens with zero attached hydrogens (tertiary/aromatic N) is 4. The zero-order valence-electron chi connectivity index (χ0n) is 16.1. The summed E-state index contributed by atoms with van der Waals surface area (Å²) in [6.45, 7) is -1.59. The Morgan fingerprint density at radius 3 is 2.69 bits per heavy atom. The average molecular weight is 485 g/mol. The number of halogens is 4. The molecule has 0 saturated carbocycles. The van der Waals surface area contributed by atoms with Gasteiger partial charge < -0.3 is 15.7 Å². The molecule has 4 rings (SSSR count). The predicted molar refractivity (Wildman–Crippen MR) is 116 cm³/mol. The molecule has 3 heterocycles. The van der Waals surface area contributed by atoms with E-state index in [2.05, 4.69) is 20.5 Å². The van der Waals surface area contributed by atoms with Crippen LogP contribution in [0.3, 0.4) is 0 Å². The maximum Gasteiger partial charge on any atom is 0.405 e. The summed E-state index contributed by atoms with van der Waals surface area (Å²) in [5.41, 5.74) is 3.24. The van der Waals surface area contributed by atoms with Gasteiger partial charge in [-0.3, -0.25) is 4.40 Å². The van der Waals surface area contributed by atoms with Gasteiger partial charge in [0.1, 0.15) is 22.2 Å². The van der Waals surface area contributed by atoms with Gasteiger partial charge in [-0.25, -0.2) is 9.78 Å². The number of fused-ring (bicyclic) bond motifs is 1. The van der Waals surface area contributed by atoms with E-state index >= 15 is 0 Å². The van der Waals surface area contributed by atoms with E-state index in [0.717, 1.165) is 11.3 Å². The Hall–Kier alpha value is -3.22. The van der Waals surface area contributed by atoms with E-state index in [1.54, 1.807) is 35.8 Å². The van der Waals surface area contributed by atoms with Gasteiger partial charge in [-0.1, -0.05) is 23.5 Å². The van der Waals surface area contributed by atoms with Crippen molar-refractivity contribution in [1.82, 2.24) is 24.9 Å². The summed E-state index contributed by atoms with van der Waals surface area (Å²) in [4.78, 5) is 16.1. The highest BCUT2D eigenvalue weighted by Gasteiger charge is 2.27. The number of carbonyl (C=O) groups excluding carboxylic acids is 1. The Kier molecular flexibility index (Phi) is 6.96. The lowest BCUT2D eigenvalue weighted by molar-refractivity contribution is -0.122. The average Bonchev–Trinajstić information content (AvgIpc) is 3.38. The molecule has 4 aromatic rings. The molecule has 32 heavy (non-hydrogen) atoms. The molecule has 0 spiro atoms. The number of carbonyl (C=O) groups is 1. The fourth-order valence-electron chi connectivity index (χ4n) is 2.87. The lowest BCUT2D eigenvalue weighted by Gasteiger charge is -2.10. The molecule has 168 valence electrons. The molecule has 13 heteroatoms. The second-order valence-electron chi connectivity index (χ2n) is 6.45. The third kappa shape index (κ3) is 5.33. The van der Waals surface area contributed by atoms with Crippen molar-refractivity contribution in [1.29, 1.82) is 0 Å². The van der Waals surface area contributed by atoms with Gasteiger partial charge in [-0.15, -0.1) is 22.6 Å². The minimum Gasteiger partial charge on any atom is -0.389 e. The van der Waals surface area contributed by atoms with Crippen LogP contribution in [0.4, 0.5) is 23.7 Å². The first-order valence-corrected chi connectivity index (χ1v) is 9.77. The predicted octanol–water partition coefficient (Wildman–Crippen LogP) is 4.12. The van der Waals surface area contributed by atoms with Crippen LogP contribution in [0.1, 0.15) is 5.01 Å². The highest BCUT2D eigenvalue weighted by atomic mass is 35.5. The number of pyridine rings is 1. The van der Waals surface area contributed by atoms with Crippen LogP contribution in [0, 0.1) is 0 Å². The number of hydrogen-bond donors (Lipinski definition) is 3. The van der Waals surface area contributed by atoms with E-state index in [1.165, 1.54) is 11.3 Å². The van der Waals surface area contributed by atoms with Crippen molar-refractivity contribution >= 4 is 41.1 Å². The molecular formula is C19H16ClF3N6O2S. The maximum absolute atomic E-state index is 12.2. The monoisotopic (exact) mass is 484 g/mol. The van der Waals surface area contributed by atoms with Gasteiger partial charge in [-0.05, 0) is 24.3 Å². The highest BCUT2D eigenvalue weighted by molar-refractivity contribution is 7.14. The molecule has 3 aromatic heterocycles. The van der Waals surface area contributed by atoms with E-state index in [1.807, 2.05) is 22.7 Å². The maximum atomic E-state index is 12.2. The van der Waals surface area contributed by atoms with Crippen molar-refractivity contribution in [2.75, 3.05) is 11.9 Å². The van der Waals surface area contributed by atoms with Crippen molar-refractivity contribution < 1.29 is 23.1 Å². The Labute approximate surface area is 189 Å². The number of alkyl halides is 3. The molecule has 0 bridgehead atoms. The van der Waals surface area contributed by atoms with E-state index in [4.69, 9.17) is 5.11 Å². The molecule has 0 aliphatic carbocycles. The van der Waals surface area contributed by atoms with E-state index in [0.29, 0.717) is 26.9 Å². The molecule has 0 fully saturated rings. The van der Waals surface area contributed by atoms with Crippen molar-refractivity contribution in [2.24, 2.45) is 0 Å². The molecule has 8 nitrogen and oxygen atoms in total. The summed E-state index contributed by atoms with van der Waals surface area (Å²) in [6.07, 6.45) is -1.02. The molecule has 0 aliphatic heterocycles. The quantitative estimate of drug-likeness (QED) is 0.395.